The number of nitrogens with one attached hydrogen (secondary N) is 2. The summed E-state index contributed by atoms with van der Waals surface area (Å²) in [7, 11) is 0. The van der Waals surface area contributed by atoms with Crippen molar-refractivity contribution in [1.29, 1.82) is 0 Å². The molecule has 0 atom stereocenters. The maximum absolute atomic E-state index is 10.5. The molecule has 1 aliphatic heterocycles. The van der Waals surface area contributed by atoms with Gasteiger partial charge in [-0.3, -0.25) is 0 Å². The van der Waals surface area contributed by atoms with Crippen molar-refractivity contribution in [2.45, 2.75) is 19.4 Å². The van der Waals surface area contributed by atoms with Crippen molar-refractivity contribution >= 4 is 5.97 Å². The smallest absolute Gasteiger partial charge is 0.341 e. The third-order valence-electron chi connectivity index (χ3n) is 3.48. The van der Waals surface area contributed by atoms with Gasteiger partial charge in [-0.2, -0.15) is 0 Å². The van der Waals surface area contributed by atoms with Crippen molar-refractivity contribution < 1.29 is 14.6 Å². The Balaban J connectivity index is 1.74. The molecule has 0 aromatic heterocycles. The summed E-state index contributed by atoms with van der Waals surface area (Å²) < 4.78 is 5.17. The van der Waals surface area contributed by atoms with Crippen molar-refractivity contribution in [3.8, 4) is 5.75 Å². The molecule has 0 unspecified atom stereocenters. The minimum absolute atomic E-state index is 0.300. The van der Waals surface area contributed by atoms with E-state index in [0.29, 0.717) is 5.75 Å². The maximum Gasteiger partial charge on any atom is 0.341 e. The predicted octanol–water partition coefficient (Wildman–Crippen LogP) is 1.24. The quantitative estimate of drug-likeness (QED) is 0.700. The zero-order chi connectivity index (χ0) is 14.2. The van der Waals surface area contributed by atoms with Gasteiger partial charge in [-0.15, -0.1) is 0 Å². The molecule has 1 aromatic carbocycles. The van der Waals surface area contributed by atoms with Crippen LogP contribution in [0.4, 0.5) is 0 Å². The van der Waals surface area contributed by atoms with E-state index in [1.54, 1.807) is 6.07 Å². The lowest BCUT2D eigenvalue weighted by Crippen LogP contribution is -2.33. The number of carbonyl (C=O) groups is 1. The summed E-state index contributed by atoms with van der Waals surface area (Å²) >= 11 is 0. The number of hydrogen-bond donors (Lipinski definition) is 3. The second-order valence-electron chi connectivity index (χ2n) is 5.15. The molecule has 20 heavy (non-hydrogen) atoms. The largest absolute Gasteiger partial charge is 0.482 e. The molecule has 5 nitrogen and oxygen atoms in total. The number of aliphatic carboxylic acids is 1. The Morgan fingerprint density at radius 2 is 2.20 bits per heavy atom. The van der Waals surface area contributed by atoms with Crippen molar-refractivity contribution in [2.24, 2.45) is 5.92 Å². The van der Waals surface area contributed by atoms with Crippen LogP contribution in [0.15, 0.2) is 24.3 Å². The molecule has 1 aliphatic rings. The molecule has 3 N–H and O–H groups in total. The monoisotopic (exact) mass is 278 g/mol. The molecule has 0 bridgehead atoms. The highest BCUT2D eigenvalue weighted by molar-refractivity contribution is 5.68. The molecular weight excluding hydrogens is 256 g/mol. The summed E-state index contributed by atoms with van der Waals surface area (Å²) in [6, 6.07) is 7.57. The molecule has 1 aromatic rings. The van der Waals surface area contributed by atoms with Crippen LogP contribution < -0.4 is 15.4 Å². The van der Waals surface area contributed by atoms with Crippen molar-refractivity contribution in [1.82, 2.24) is 10.6 Å². The van der Waals surface area contributed by atoms with E-state index in [1.807, 2.05) is 18.2 Å². The van der Waals surface area contributed by atoms with Crippen LogP contribution in [0.3, 0.4) is 0 Å². The summed E-state index contributed by atoms with van der Waals surface area (Å²) in [5.74, 6) is 0.399. The van der Waals surface area contributed by atoms with Crippen LogP contribution in [0.5, 0.6) is 5.75 Å². The minimum Gasteiger partial charge on any atom is -0.482 e. The Bertz CT molecular complexity index is 431. The van der Waals surface area contributed by atoms with Gasteiger partial charge in [0.05, 0.1) is 0 Å². The van der Waals surface area contributed by atoms with Crippen LogP contribution in [-0.2, 0) is 11.3 Å². The normalized spacial score (nSPS) is 16.0. The first kappa shape index (κ1) is 14.8. The lowest BCUT2D eigenvalue weighted by molar-refractivity contribution is -0.139. The van der Waals surface area contributed by atoms with E-state index >= 15 is 0 Å². The topological polar surface area (TPSA) is 70.6 Å². The van der Waals surface area contributed by atoms with Crippen LogP contribution in [0.2, 0.25) is 0 Å². The van der Waals surface area contributed by atoms with Crippen molar-refractivity contribution in [3.05, 3.63) is 29.8 Å². The van der Waals surface area contributed by atoms with E-state index in [9.17, 15) is 4.79 Å². The van der Waals surface area contributed by atoms with Crippen LogP contribution >= 0.6 is 0 Å². The zero-order valence-electron chi connectivity index (χ0n) is 11.6. The fourth-order valence-electron chi connectivity index (χ4n) is 2.40. The van der Waals surface area contributed by atoms with Gasteiger partial charge in [0.25, 0.3) is 0 Å². The summed E-state index contributed by atoms with van der Waals surface area (Å²) in [6.45, 7) is 3.75. The highest BCUT2D eigenvalue weighted by Gasteiger charge is 2.12. The summed E-state index contributed by atoms with van der Waals surface area (Å²) in [6.07, 6.45) is 2.46. The van der Waals surface area contributed by atoms with Crippen LogP contribution in [-0.4, -0.2) is 37.3 Å². The number of ether oxygens (including phenoxy) is 1. The summed E-state index contributed by atoms with van der Waals surface area (Å²) in [5, 5.41) is 15.4. The fourth-order valence-corrected chi connectivity index (χ4v) is 2.40. The first-order valence-corrected chi connectivity index (χ1v) is 7.09. The minimum atomic E-state index is -0.959. The lowest BCUT2D eigenvalue weighted by atomic mass is 9.98. The first-order chi connectivity index (χ1) is 9.74. The van der Waals surface area contributed by atoms with E-state index in [1.165, 1.54) is 12.8 Å². The van der Waals surface area contributed by atoms with Gasteiger partial charge in [0.15, 0.2) is 6.61 Å². The second-order valence-corrected chi connectivity index (χ2v) is 5.15. The molecule has 0 aliphatic carbocycles. The third kappa shape index (κ3) is 5.19. The first-order valence-electron chi connectivity index (χ1n) is 7.09. The maximum atomic E-state index is 10.5. The zero-order valence-corrected chi connectivity index (χ0v) is 11.6. The van der Waals surface area contributed by atoms with Crippen LogP contribution in [0, 0.1) is 5.92 Å². The molecule has 110 valence electrons. The van der Waals surface area contributed by atoms with Crippen molar-refractivity contribution in [2.75, 3.05) is 26.2 Å². The van der Waals surface area contributed by atoms with Crippen LogP contribution in [0.25, 0.3) is 0 Å². The van der Waals surface area contributed by atoms with E-state index < -0.39 is 5.97 Å². The van der Waals surface area contributed by atoms with E-state index in [-0.39, 0.29) is 6.61 Å². The van der Waals surface area contributed by atoms with Gasteiger partial charge >= 0.3 is 5.97 Å². The highest BCUT2D eigenvalue weighted by atomic mass is 16.5. The van der Waals surface area contributed by atoms with Crippen LogP contribution in [0.1, 0.15) is 18.4 Å². The number of piperidine rings is 1. The van der Waals surface area contributed by atoms with E-state index in [2.05, 4.69) is 10.6 Å². The molecule has 2 rings (SSSR count). The molecule has 1 heterocycles. The molecule has 0 amide bonds. The lowest BCUT2D eigenvalue weighted by Gasteiger charge is -2.22. The van der Waals surface area contributed by atoms with Gasteiger partial charge in [-0.05, 0) is 56.1 Å². The molecule has 5 heteroatoms. The Labute approximate surface area is 119 Å². The van der Waals surface area contributed by atoms with Gasteiger partial charge in [0, 0.05) is 6.54 Å². The van der Waals surface area contributed by atoms with E-state index in [0.717, 1.165) is 37.7 Å². The molecule has 0 spiro atoms. The summed E-state index contributed by atoms with van der Waals surface area (Å²) in [5.41, 5.74) is 1.11. The standard InChI is InChI=1S/C15H22N2O3/c18-15(19)11-20-14-3-1-2-13(8-14)10-17-9-12-4-6-16-7-5-12/h1-3,8,12,16-17H,4-7,9-11H2,(H,18,19). The Kier molecular flexibility index (Phi) is 5.83. The van der Waals surface area contributed by atoms with Gasteiger partial charge < -0.3 is 20.5 Å². The Morgan fingerprint density at radius 3 is 2.95 bits per heavy atom. The second kappa shape index (κ2) is 7.87. The molecule has 1 fully saturated rings. The van der Waals surface area contributed by atoms with Gasteiger partial charge in [0.2, 0.25) is 0 Å². The number of hydrogen-bond acceptors (Lipinski definition) is 4. The number of carboxylic acids is 1. The Morgan fingerprint density at radius 1 is 1.40 bits per heavy atom. The summed E-state index contributed by atoms with van der Waals surface area (Å²) in [4.78, 5) is 10.5. The third-order valence-corrected chi connectivity index (χ3v) is 3.48. The average Bonchev–Trinajstić information content (AvgIpc) is 2.47. The number of rotatable bonds is 7. The molecule has 0 saturated carbocycles. The SMILES string of the molecule is O=C(O)COc1cccc(CNCC2CCNCC2)c1. The van der Waals surface area contributed by atoms with E-state index in [4.69, 9.17) is 9.84 Å². The van der Waals surface area contributed by atoms with Gasteiger partial charge in [-0.25, -0.2) is 4.79 Å². The average molecular weight is 278 g/mol. The highest BCUT2D eigenvalue weighted by Crippen LogP contribution is 2.14. The van der Waals surface area contributed by atoms with Gasteiger partial charge in [-0.1, -0.05) is 12.1 Å². The van der Waals surface area contributed by atoms with Crippen molar-refractivity contribution in [3.63, 3.8) is 0 Å². The molecular formula is C15H22N2O3. The Hall–Kier alpha value is -1.59. The molecule has 0 radical (unpaired) electrons. The number of benzene rings is 1. The number of carboxylic acid groups (broad SMARTS) is 1. The van der Waals surface area contributed by atoms with Gasteiger partial charge in [0.1, 0.15) is 5.75 Å². The predicted molar refractivity (Wildman–Crippen MR) is 76.9 cm³/mol. The fraction of sp³-hybridized carbons (Fsp3) is 0.533. The molecule has 1 saturated heterocycles.